The summed E-state index contributed by atoms with van der Waals surface area (Å²) in [7, 11) is 0. The topological polar surface area (TPSA) is 20.3 Å². The van der Waals surface area contributed by atoms with Gasteiger partial charge in [-0.3, -0.25) is 4.79 Å². The third-order valence-corrected chi connectivity index (χ3v) is 6.61. The predicted octanol–water partition coefficient (Wildman–Crippen LogP) is 9.12. The molecule has 0 saturated carbocycles. The van der Waals surface area contributed by atoms with E-state index in [-0.39, 0.29) is 0 Å². The smallest absolute Gasteiger partial charge is 0.226 e. The molecule has 32 heavy (non-hydrogen) atoms. The quantitative estimate of drug-likeness (QED) is 0.164. The maximum Gasteiger partial charge on any atom is 0.226 e. The van der Waals surface area contributed by atoms with Gasteiger partial charge in [0, 0.05) is 13.1 Å². The molecular weight excluding hydrogens is 390 g/mol. The fourth-order valence-electron chi connectivity index (χ4n) is 4.47. The fourth-order valence-corrected chi connectivity index (χ4v) is 4.47. The lowest BCUT2D eigenvalue weighted by molar-refractivity contribution is -0.130. The Labute approximate surface area is 200 Å². The Balaban J connectivity index is 2.25. The molecular formula is C30H53NO. The molecule has 0 aliphatic rings. The molecule has 0 radical (unpaired) electrons. The summed E-state index contributed by atoms with van der Waals surface area (Å²) in [5.41, 5.74) is 1.14. The van der Waals surface area contributed by atoms with E-state index in [0.29, 0.717) is 12.3 Å². The molecule has 2 heteroatoms. The first kappa shape index (κ1) is 28.7. The summed E-state index contributed by atoms with van der Waals surface area (Å²) >= 11 is 0. The second kappa shape index (κ2) is 21.5. The number of hydrogen-bond acceptors (Lipinski definition) is 1. The average Bonchev–Trinajstić information content (AvgIpc) is 2.81. The van der Waals surface area contributed by atoms with E-state index in [0.717, 1.165) is 31.5 Å². The van der Waals surface area contributed by atoms with Crippen LogP contribution >= 0.6 is 0 Å². The summed E-state index contributed by atoms with van der Waals surface area (Å²) in [6, 6.07) is 10.2. The van der Waals surface area contributed by atoms with Gasteiger partial charge < -0.3 is 4.90 Å². The van der Waals surface area contributed by atoms with Crippen molar-refractivity contribution in [2.24, 2.45) is 0 Å². The molecule has 0 N–H and O–H groups in total. The van der Waals surface area contributed by atoms with Gasteiger partial charge in [0.05, 0.1) is 6.42 Å². The van der Waals surface area contributed by atoms with Crippen LogP contribution in [0.15, 0.2) is 30.3 Å². The molecule has 0 atom stereocenters. The molecule has 0 aliphatic carbocycles. The van der Waals surface area contributed by atoms with Crippen molar-refractivity contribution in [1.29, 1.82) is 0 Å². The summed E-state index contributed by atoms with van der Waals surface area (Å²) in [4.78, 5) is 15.1. The summed E-state index contributed by atoms with van der Waals surface area (Å²) in [6.07, 6.45) is 24.6. The van der Waals surface area contributed by atoms with Crippen LogP contribution in [0.2, 0.25) is 0 Å². The van der Waals surface area contributed by atoms with Gasteiger partial charge in [0.2, 0.25) is 5.91 Å². The van der Waals surface area contributed by atoms with Crippen molar-refractivity contribution in [2.45, 2.75) is 136 Å². The van der Waals surface area contributed by atoms with Crippen LogP contribution in [0.1, 0.15) is 135 Å². The van der Waals surface area contributed by atoms with Gasteiger partial charge in [-0.05, 0) is 18.4 Å². The fraction of sp³-hybridized carbons (Fsp3) is 0.767. The van der Waals surface area contributed by atoms with E-state index in [4.69, 9.17) is 0 Å². The Morgan fingerprint density at radius 2 is 0.938 bits per heavy atom. The minimum Gasteiger partial charge on any atom is -0.342 e. The van der Waals surface area contributed by atoms with Gasteiger partial charge in [-0.25, -0.2) is 0 Å². The number of carbonyl (C=O) groups excluding carboxylic acids is 1. The number of amides is 1. The highest BCUT2D eigenvalue weighted by molar-refractivity contribution is 5.78. The summed E-state index contributed by atoms with van der Waals surface area (Å²) < 4.78 is 0. The van der Waals surface area contributed by atoms with Crippen LogP contribution in [0.25, 0.3) is 0 Å². The zero-order valence-electron chi connectivity index (χ0n) is 21.6. The third-order valence-electron chi connectivity index (χ3n) is 6.61. The van der Waals surface area contributed by atoms with Crippen LogP contribution in [0.3, 0.4) is 0 Å². The Hall–Kier alpha value is -1.31. The Bertz CT molecular complexity index is 505. The summed E-state index contributed by atoms with van der Waals surface area (Å²) in [5.74, 6) is 0.315. The first-order valence-corrected chi connectivity index (χ1v) is 14.1. The monoisotopic (exact) mass is 443 g/mol. The lowest BCUT2D eigenvalue weighted by Crippen LogP contribution is -2.34. The molecule has 0 aliphatic heterocycles. The summed E-state index contributed by atoms with van der Waals surface area (Å²) in [6.45, 7) is 6.44. The van der Waals surface area contributed by atoms with Gasteiger partial charge in [-0.1, -0.05) is 147 Å². The molecule has 1 aromatic rings. The van der Waals surface area contributed by atoms with Gasteiger partial charge in [0.15, 0.2) is 0 Å². The minimum absolute atomic E-state index is 0.315. The molecule has 1 rings (SSSR count). The molecule has 0 aromatic heterocycles. The highest BCUT2D eigenvalue weighted by Gasteiger charge is 2.13. The summed E-state index contributed by atoms with van der Waals surface area (Å²) in [5, 5.41) is 0. The van der Waals surface area contributed by atoms with Crippen molar-refractivity contribution >= 4 is 5.91 Å². The van der Waals surface area contributed by atoms with Crippen molar-refractivity contribution in [3.8, 4) is 0 Å². The normalized spacial score (nSPS) is 11.1. The maximum atomic E-state index is 13.0. The second-order valence-electron chi connectivity index (χ2n) is 9.70. The maximum absolute atomic E-state index is 13.0. The standard InChI is InChI=1S/C30H53NO/c1-3-5-7-9-11-13-15-17-22-26-31(30(32)28-29-24-20-19-21-25-29)27-23-18-16-14-12-10-8-6-4-2/h19-21,24-25H,3-18,22-23,26-28H2,1-2H3. The number of rotatable bonds is 22. The zero-order valence-corrected chi connectivity index (χ0v) is 21.6. The van der Waals surface area contributed by atoms with Crippen LogP contribution in [0, 0.1) is 0 Å². The minimum atomic E-state index is 0.315. The van der Waals surface area contributed by atoms with Crippen LogP contribution in [-0.4, -0.2) is 23.9 Å². The lowest BCUT2D eigenvalue weighted by atomic mass is 10.1. The van der Waals surface area contributed by atoms with Gasteiger partial charge in [-0.15, -0.1) is 0 Å². The highest BCUT2D eigenvalue weighted by atomic mass is 16.2. The Morgan fingerprint density at radius 1 is 0.562 bits per heavy atom. The van der Waals surface area contributed by atoms with Crippen LogP contribution in [-0.2, 0) is 11.2 Å². The molecule has 0 fully saturated rings. The number of carbonyl (C=O) groups is 1. The SMILES string of the molecule is CCCCCCCCCCCN(CCCCCCCCCCC)C(=O)Cc1ccccc1. The first-order chi connectivity index (χ1) is 15.8. The first-order valence-electron chi connectivity index (χ1n) is 14.1. The number of hydrogen-bond donors (Lipinski definition) is 0. The molecule has 0 heterocycles. The largest absolute Gasteiger partial charge is 0.342 e. The highest BCUT2D eigenvalue weighted by Crippen LogP contribution is 2.13. The van der Waals surface area contributed by atoms with Crippen LogP contribution < -0.4 is 0 Å². The van der Waals surface area contributed by atoms with E-state index in [9.17, 15) is 4.79 Å². The predicted molar refractivity (Wildman–Crippen MR) is 141 cm³/mol. The molecule has 1 aromatic carbocycles. The van der Waals surface area contributed by atoms with E-state index in [1.165, 1.54) is 103 Å². The molecule has 2 nitrogen and oxygen atoms in total. The number of nitrogens with zero attached hydrogens (tertiary/aromatic N) is 1. The Morgan fingerprint density at radius 3 is 1.34 bits per heavy atom. The van der Waals surface area contributed by atoms with Gasteiger partial charge in [0.25, 0.3) is 0 Å². The van der Waals surface area contributed by atoms with Gasteiger partial charge in [-0.2, -0.15) is 0 Å². The Kier molecular flexibility index (Phi) is 19.3. The van der Waals surface area contributed by atoms with E-state index in [1.54, 1.807) is 0 Å². The lowest BCUT2D eigenvalue weighted by Gasteiger charge is -2.23. The van der Waals surface area contributed by atoms with Crippen LogP contribution in [0.4, 0.5) is 0 Å². The number of benzene rings is 1. The molecule has 184 valence electrons. The second-order valence-corrected chi connectivity index (χ2v) is 9.70. The molecule has 0 unspecified atom stereocenters. The van der Waals surface area contributed by atoms with E-state index < -0.39 is 0 Å². The van der Waals surface area contributed by atoms with Crippen molar-refractivity contribution in [3.63, 3.8) is 0 Å². The van der Waals surface area contributed by atoms with Gasteiger partial charge in [0.1, 0.15) is 0 Å². The zero-order chi connectivity index (χ0) is 23.1. The van der Waals surface area contributed by atoms with Crippen molar-refractivity contribution in [3.05, 3.63) is 35.9 Å². The molecule has 0 saturated heterocycles. The van der Waals surface area contributed by atoms with E-state index >= 15 is 0 Å². The van der Waals surface area contributed by atoms with Crippen molar-refractivity contribution in [2.75, 3.05) is 13.1 Å². The van der Waals surface area contributed by atoms with Crippen molar-refractivity contribution < 1.29 is 4.79 Å². The van der Waals surface area contributed by atoms with Gasteiger partial charge >= 0.3 is 0 Å². The molecule has 1 amide bonds. The van der Waals surface area contributed by atoms with E-state index in [2.05, 4.69) is 30.9 Å². The molecule has 0 spiro atoms. The third kappa shape index (κ3) is 16.3. The van der Waals surface area contributed by atoms with E-state index in [1.807, 2.05) is 18.2 Å². The van der Waals surface area contributed by atoms with Crippen molar-refractivity contribution in [1.82, 2.24) is 4.90 Å². The number of unbranched alkanes of at least 4 members (excludes halogenated alkanes) is 16. The average molecular weight is 444 g/mol. The molecule has 0 bridgehead atoms. The van der Waals surface area contributed by atoms with Crippen LogP contribution in [0.5, 0.6) is 0 Å².